The zero-order valence-electron chi connectivity index (χ0n) is 17.1. The van der Waals surface area contributed by atoms with E-state index < -0.39 is 5.97 Å². The average molecular weight is 383 g/mol. The molecule has 1 aromatic heterocycles. The molecule has 1 atom stereocenters. The fraction of sp³-hybridized carbons (Fsp3) is 0.409. The van der Waals surface area contributed by atoms with Crippen LogP contribution in [0.1, 0.15) is 32.0 Å². The van der Waals surface area contributed by atoms with E-state index in [1.54, 1.807) is 18.5 Å². The maximum absolute atomic E-state index is 11.1. The molecule has 1 N–H and O–H groups in total. The topological polar surface area (TPSA) is 67.3 Å². The summed E-state index contributed by atoms with van der Waals surface area (Å²) in [6.07, 6.45) is 7.25. The number of esters is 1. The van der Waals surface area contributed by atoms with Crippen molar-refractivity contribution in [3.05, 3.63) is 60.1 Å². The van der Waals surface area contributed by atoms with Crippen molar-refractivity contribution in [2.24, 2.45) is 0 Å². The number of ether oxygens (including phenoxy) is 1. The lowest BCUT2D eigenvalue weighted by molar-refractivity contribution is -0.134. The maximum Gasteiger partial charge on any atom is 0.330 e. The Hall–Kier alpha value is -2.73. The van der Waals surface area contributed by atoms with Crippen molar-refractivity contribution in [2.75, 3.05) is 25.5 Å². The molecule has 1 aromatic carbocycles. The van der Waals surface area contributed by atoms with Crippen LogP contribution in [0.4, 0.5) is 5.82 Å². The first-order valence-corrected chi connectivity index (χ1v) is 9.60. The van der Waals surface area contributed by atoms with Crippen molar-refractivity contribution in [3.8, 4) is 0 Å². The first-order chi connectivity index (χ1) is 13.5. The molecule has 6 nitrogen and oxygen atoms in total. The number of hydrogen-bond acceptors (Lipinski definition) is 6. The van der Waals surface area contributed by atoms with Gasteiger partial charge in [-0.2, -0.15) is 0 Å². The summed E-state index contributed by atoms with van der Waals surface area (Å²) < 4.78 is 4.56. The lowest BCUT2D eigenvalue weighted by Gasteiger charge is -2.30. The van der Waals surface area contributed by atoms with Gasteiger partial charge in [0.2, 0.25) is 0 Å². The predicted octanol–water partition coefficient (Wildman–Crippen LogP) is 3.42. The summed E-state index contributed by atoms with van der Waals surface area (Å²) in [4.78, 5) is 22.3. The second-order valence-electron chi connectivity index (χ2n) is 7.05. The Kier molecular flexibility index (Phi) is 8.62. The largest absolute Gasteiger partial charge is 0.466 e. The minimum Gasteiger partial charge on any atom is -0.466 e. The second-order valence-corrected chi connectivity index (χ2v) is 7.05. The van der Waals surface area contributed by atoms with Crippen LogP contribution in [0.5, 0.6) is 0 Å². The Bertz CT molecular complexity index is 745. The van der Waals surface area contributed by atoms with Gasteiger partial charge in [0, 0.05) is 31.2 Å². The monoisotopic (exact) mass is 382 g/mol. The average Bonchev–Trinajstić information content (AvgIpc) is 2.70. The number of nitrogens with one attached hydrogen (secondary N) is 1. The predicted molar refractivity (Wildman–Crippen MR) is 113 cm³/mol. The highest BCUT2D eigenvalue weighted by Gasteiger charge is 2.14. The summed E-state index contributed by atoms with van der Waals surface area (Å²) in [7, 11) is 1.34. The Morgan fingerprint density at radius 2 is 1.93 bits per heavy atom. The number of carbonyl (C=O) groups excluding carboxylic acids is 1. The van der Waals surface area contributed by atoms with Gasteiger partial charge in [0.1, 0.15) is 5.82 Å². The summed E-state index contributed by atoms with van der Waals surface area (Å²) in [5.41, 5.74) is 1.96. The van der Waals surface area contributed by atoms with E-state index in [2.05, 4.69) is 70.0 Å². The minimum atomic E-state index is -0.415. The third kappa shape index (κ3) is 7.48. The molecule has 6 heteroatoms. The highest BCUT2D eigenvalue weighted by molar-refractivity contribution is 5.86. The quantitative estimate of drug-likeness (QED) is 0.502. The number of anilines is 1. The number of rotatable bonds is 10. The number of methoxy groups -OCH3 is 1. The van der Waals surface area contributed by atoms with Crippen molar-refractivity contribution >= 4 is 17.9 Å². The molecule has 0 aliphatic carbocycles. The molecule has 0 amide bonds. The van der Waals surface area contributed by atoms with Gasteiger partial charge in [0.05, 0.1) is 25.2 Å². The molecule has 0 saturated heterocycles. The van der Waals surface area contributed by atoms with Crippen LogP contribution < -0.4 is 5.32 Å². The number of hydrogen-bond donors (Lipinski definition) is 1. The molecule has 0 unspecified atom stereocenters. The molecule has 0 bridgehead atoms. The second kappa shape index (κ2) is 11.2. The van der Waals surface area contributed by atoms with Gasteiger partial charge in [-0.25, -0.2) is 9.78 Å². The summed E-state index contributed by atoms with van der Waals surface area (Å²) in [5.74, 6) is 0.302. The van der Waals surface area contributed by atoms with Crippen LogP contribution in [0.2, 0.25) is 0 Å². The molecule has 0 fully saturated rings. The number of carbonyl (C=O) groups is 1. The molecule has 28 heavy (non-hydrogen) atoms. The van der Waals surface area contributed by atoms with Gasteiger partial charge in [-0.1, -0.05) is 30.3 Å². The number of aromatic nitrogens is 2. The highest BCUT2D eigenvalue weighted by atomic mass is 16.5. The standard InChI is InChI=1S/C22H30N4O2/c1-17(2)26(13-12-19-8-6-5-7-9-19)16-18(3)25-21-15-23-20(14-24-21)10-11-22(27)28-4/h5-11,14-15,17-18H,12-13,16H2,1-4H3,(H,24,25)/b11-10+/t18-/m1/s1. The van der Waals surface area contributed by atoms with Gasteiger partial charge in [-0.05, 0) is 38.8 Å². The van der Waals surface area contributed by atoms with Gasteiger partial charge in [0.15, 0.2) is 0 Å². The summed E-state index contributed by atoms with van der Waals surface area (Å²) in [5, 5.41) is 3.40. The molecule has 0 radical (unpaired) electrons. The summed E-state index contributed by atoms with van der Waals surface area (Å²) in [6.45, 7) is 8.51. The molecular weight excluding hydrogens is 352 g/mol. The molecule has 2 aromatic rings. The zero-order valence-corrected chi connectivity index (χ0v) is 17.1. The highest BCUT2D eigenvalue weighted by Crippen LogP contribution is 2.09. The first kappa shape index (κ1) is 21.6. The third-order valence-corrected chi connectivity index (χ3v) is 4.43. The Balaban J connectivity index is 1.87. The zero-order chi connectivity index (χ0) is 20.4. The lowest BCUT2D eigenvalue weighted by atomic mass is 10.1. The van der Waals surface area contributed by atoms with E-state index in [0.29, 0.717) is 11.7 Å². The van der Waals surface area contributed by atoms with Gasteiger partial charge in [0.25, 0.3) is 0 Å². The van der Waals surface area contributed by atoms with Crippen molar-refractivity contribution in [3.63, 3.8) is 0 Å². The molecule has 0 aliphatic rings. The van der Waals surface area contributed by atoms with Gasteiger partial charge in [-0.3, -0.25) is 9.88 Å². The van der Waals surface area contributed by atoms with E-state index in [1.165, 1.54) is 18.7 Å². The van der Waals surface area contributed by atoms with Crippen molar-refractivity contribution in [1.29, 1.82) is 0 Å². The molecule has 150 valence electrons. The van der Waals surface area contributed by atoms with Crippen LogP contribution in [-0.4, -0.2) is 53.1 Å². The van der Waals surface area contributed by atoms with Crippen molar-refractivity contribution < 1.29 is 9.53 Å². The minimum absolute atomic E-state index is 0.226. The molecule has 0 aliphatic heterocycles. The number of benzene rings is 1. The van der Waals surface area contributed by atoms with Gasteiger partial charge < -0.3 is 10.1 Å². The molecular formula is C22H30N4O2. The lowest BCUT2D eigenvalue weighted by Crippen LogP contribution is -2.40. The Morgan fingerprint density at radius 3 is 2.54 bits per heavy atom. The Labute approximate surface area is 167 Å². The van der Waals surface area contributed by atoms with Crippen LogP contribution in [0.3, 0.4) is 0 Å². The normalized spacial score (nSPS) is 12.5. The van der Waals surface area contributed by atoms with Gasteiger partial charge >= 0.3 is 5.97 Å². The fourth-order valence-electron chi connectivity index (χ4n) is 2.85. The molecule has 0 saturated carbocycles. The molecule has 0 spiro atoms. The van der Waals surface area contributed by atoms with Crippen LogP contribution >= 0.6 is 0 Å². The summed E-state index contributed by atoms with van der Waals surface area (Å²) >= 11 is 0. The first-order valence-electron chi connectivity index (χ1n) is 9.60. The van der Waals surface area contributed by atoms with E-state index in [4.69, 9.17) is 0 Å². The van der Waals surface area contributed by atoms with Crippen molar-refractivity contribution in [1.82, 2.24) is 14.9 Å². The Morgan fingerprint density at radius 1 is 1.18 bits per heavy atom. The summed E-state index contributed by atoms with van der Waals surface area (Å²) in [6, 6.07) is 11.3. The number of nitrogens with zero attached hydrogens (tertiary/aromatic N) is 3. The van der Waals surface area contributed by atoms with E-state index >= 15 is 0 Å². The van der Waals surface area contributed by atoms with Crippen LogP contribution in [0.15, 0.2) is 48.8 Å². The van der Waals surface area contributed by atoms with E-state index in [0.717, 1.165) is 25.3 Å². The van der Waals surface area contributed by atoms with Crippen molar-refractivity contribution in [2.45, 2.75) is 39.3 Å². The van der Waals surface area contributed by atoms with Crippen LogP contribution in [0, 0.1) is 0 Å². The smallest absolute Gasteiger partial charge is 0.330 e. The maximum atomic E-state index is 11.1. The fourth-order valence-corrected chi connectivity index (χ4v) is 2.85. The molecule has 1 heterocycles. The van der Waals surface area contributed by atoms with E-state index in [9.17, 15) is 4.79 Å². The molecule has 2 rings (SSSR count). The van der Waals surface area contributed by atoms with E-state index in [1.807, 2.05) is 6.07 Å². The van der Waals surface area contributed by atoms with Crippen LogP contribution in [-0.2, 0) is 16.0 Å². The SMILES string of the molecule is COC(=O)/C=C/c1cnc(N[C@H](C)CN(CCc2ccccc2)C(C)C)cn1. The van der Waals surface area contributed by atoms with Gasteiger partial charge in [-0.15, -0.1) is 0 Å². The third-order valence-electron chi connectivity index (χ3n) is 4.43. The van der Waals surface area contributed by atoms with E-state index in [-0.39, 0.29) is 6.04 Å². The van der Waals surface area contributed by atoms with Crippen LogP contribution in [0.25, 0.3) is 6.08 Å².